The predicted molar refractivity (Wildman–Crippen MR) is 79.2 cm³/mol. The van der Waals surface area contributed by atoms with Crippen molar-refractivity contribution in [2.75, 3.05) is 0 Å². The molecule has 20 heavy (non-hydrogen) atoms. The van der Waals surface area contributed by atoms with Gasteiger partial charge in [-0.1, -0.05) is 18.2 Å². The molecular formula is C16H13NO3. The van der Waals surface area contributed by atoms with Crippen molar-refractivity contribution in [1.29, 1.82) is 0 Å². The van der Waals surface area contributed by atoms with E-state index in [0.29, 0.717) is 0 Å². The van der Waals surface area contributed by atoms with Gasteiger partial charge >= 0.3 is 0 Å². The minimum atomic E-state index is -0.452. The number of nitro groups is 1. The second kappa shape index (κ2) is 4.49. The maximum Gasteiger partial charge on any atom is 0.235 e. The van der Waals surface area contributed by atoms with Crippen LogP contribution in [0.2, 0.25) is 0 Å². The summed E-state index contributed by atoms with van der Waals surface area (Å²) in [6.07, 6.45) is 2.50. The molecule has 0 N–H and O–H groups in total. The monoisotopic (exact) mass is 267 g/mol. The fraction of sp³-hybridized carbons (Fsp3) is 0.125. The summed E-state index contributed by atoms with van der Waals surface area (Å²) >= 11 is 0. The number of fused-ring (bicyclic) bond motifs is 3. The molecule has 0 aliphatic carbocycles. The number of benzene rings is 2. The van der Waals surface area contributed by atoms with E-state index in [0.717, 1.165) is 44.8 Å². The quantitative estimate of drug-likeness (QED) is 0.509. The van der Waals surface area contributed by atoms with E-state index in [1.165, 1.54) is 6.08 Å². The Balaban J connectivity index is 2.38. The molecule has 0 unspecified atom stereocenters. The summed E-state index contributed by atoms with van der Waals surface area (Å²) in [5.41, 5.74) is 4.50. The first-order valence-corrected chi connectivity index (χ1v) is 6.31. The van der Waals surface area contributed by atoms with Crippen LogP contribution < -0.4 is 0 Å². The summed E-state index contributed by atoms with van der Waals surface area (Å²) in [6, 6.07) is 9.75. The zero-order valence-electron chi connectivity index (χ0n) is 11.2. The molecule has 3 aromatic rings. The van der Waals surface area contributed by atoms with Crippen molar-refractivity contribution < 1.29 is 9.34 Å². The average Bonchev–Trinajstić information content (AvgIpc) is 2.81. The average molecular weight is 267 g/mol. The Bertz CT molecular complexity index is 859. The van der Waals surface area contributed by atoms with Crippen molar-refractivity contribution in [2.45, 2.75) is 13.8 Å². The summed E-state index contributed by atoms with van der Waals surface area (Å²) in [5.74, 6) is 0. The minimum Gasteiger partial charge on any atom is -0.456 e. The molecule has 1 aromatic heterocycles. The molecule has 1 heterocycles. The number of nitrogens with zero attached hydrogens (tertiary/aromatic N) is 1. The topological polar surface area (TPSA) is 56.3 Å². The lowest BCUT2D eigenvalue weighted by Gasteiger charge is -2.04. The molecule has 0 aliphatic rings. The van der Waals surface area contributed by atoms with Crippen LogP contribution >= 0.6 is 0 Å². The number of furan rings is 1. The zero-order chi connectivity index (χ0) is 14.3. The SMILES string of the molecule is Cc1cc(/C=C\[N+](=O)[O-])c(C)c2c1oc1ccccc12. The molecule has 4 heteroatoms. The van der Waals surface area contributed by atoms with Crippen LogP contribution in [0.4, 0.5) is 0 Å². The molecule has 0 aliphatic heterocycles. The van der Waals surface area contributed by atoms with Gasteiger partial charge < -0.3 is 4.42 Å². The van der Waals surface area contributed by atoms with Crippen LogP contribution in [0.3, 0.4) is 0 Å². The highest BCUT2D eigenvalue weighted by molar-refractivity contribution is 6.08. The third kappa shape index (κ3) is 1.86. The zero-order valence-corrected chi connectivity index (χ0v) is 11.2. The molecule has 0 saturated carbocycles. The largest absolute Gasteiger partial charge is 0.456 e. The first kappa shape index (κ1) is 12.4. The Labute approximate surface area is 115 Å². The molecule has 4 nitrogen and oxygen atoms in total. The van der Waals surface area contributed by atoms with Gasteiger partial charge in [0, 0.05) is 16.8 Å². The number of aryl methyl sites for hydroxylation is 2. The van der Waals surface area contributed by atoms with E-state index >= 15 is 0 Å². The lowest BCUT2D eigenvalue weighted by molar-refractivity contribution is -0.400. The van der Waals surface area contributed by atoms with Gasteiger partial charge in [0.1, 0.15) is 11.2 Å². The highest BCUT2D eigenvalue weighted by Crippen LogP contribution is 2.35. The summed E-state index contributed by atoms with van der Waals surface area (Å²) in [4.78, 5) is 10.0. The highest BCUT2D eigenvalue weighted by Gasteiger charge is 2.13. The normalized spacial score (nSPS) is 11.7. The van der Waals surface area contributed by atoms with Gasteiger partial charge in [0.2, 0.25) is 6.20 Å². The van der Waals surface area contributed by atoms with Crippen LogP contribution in [0.5, 0.6) is 0 Å². The third-order valence-corrected chi connectivity index (χ3v) is 3.51. The molecule has 0 spiro atoms. The van der Waals surface area contributed by atoms with E-state index in [-0.39, 0.29) is 0 Å². The molecular weight excluding hydrogens is 254 g/mol. The van der Waals surface area contributed by atoms with Gasteiger partial charge in [0.05, 0.1) is 4.92 Å². The van der Waals surface area contributed by atoms with Crippen LogP contribution in [0.1, 0.15) is 16.7 Å². The molecule has 100 valence electrons. The van der Waals surface area contributed by atoms with Crippen LogP contribution in [0.25, 0.3) is 28.0 Å². The summed E-state index contributed by atoms with van der Waals surface area (Å²) in [6.45, 7) is 3.91. The summed E-state index contributed by atoms with van der Waals surface area (Å²) < 4.78 is 5.89. The van der Waals surface area contributed by atoms with Crippen molar-refractivity contribution in [1.82, 2.24) is 0 Å². The number of para-hydroxylation sites is 1. The van der Waals surface area contributed by atoms with E-state index < -0.39 is 4.92 Å². The Kier molecular flexibility index (Phi) is 2.79. The van der Waals surface area contributed by atoms with Crippen molar-refractivity contribution in [2.24, 2.45) is 0 Å². The molecule has 2 aromatic carbocycles. The van der Waals surface area contributed by atoms with Crippen molar-refractivity contribution >= 4 is 28.0 Å². The smallest absolute Gasteiger partial charge is 0.235 e. The fourth-order valence-electron chi connectivity index (χ4n) is 2.56. The van der Waals surface area contributed by atoms with Crippen LogP contribution in [0.15, 0.2) is 40.9 Å². The van der Waals surface area contributed by atoms with E-state index in [2.05, 4.69) is 0 Å². The van der Waals surface area contributed by atoms with Gasteiger partial charge in [-0.15, -0.1) is 0 Å². The van der Waals surface area contributed by atoms with Gasteiger partial charge in [-0.25, -0.2) is 0 Å². The standard InChI is InChI=1S/C16H13NO3/c1-10-9-12(7-8-17(18)19)11(2)15-13-5-3-4-6-14(13)20-16(10)15/h3-9H,1-2H3/b8-7-. The van der Waals surface area contributed by atoms with E-state index in [1.54, 1.807) is 0 Å². The third-order valence-electron chi connectivity index (χ3n) is 3.51. The van der Waals surface area contributed by atoms with Crippen molar-refractivity contribution in [3.05, 3.63) is 63.3 Å². The van der Waals surface area contributed by atoms with E-state index in [9.17, 15) is 10.1 Å². The van der Waals surface area contributed by atoms with Crippen LogP contribution in [-0.4, -0.2) is 4.92 Å². The first-order valence-electron chi connectivity index (χ1n) is 6.31. The summed E-state index contributed by atoms with van der Waals surface area (Å²) in [5, 5.41) is 12.6. The van der Waals surface area contributed by atoms with Gasteiger partial charge in [-0.05, 0) is 42.7 Å². The first-order chi connectivity index (χ1) is 9.58. The molecule has 0 saturated heterocycles. The lowest BCUT2D eigenvalue weighted by atomic mass is 9.99. The number of hydrogen-bond acceptors (Lipinski definition) is 3. The van der Waals surface area contributed by atoms with E-state index in [1.807, 2.05) is 44.2 Å². The number of hydrogen-bond donors (Lipinski definition) is 0. The van der Waals surface area contributed by atoms with Crippen LogP contribution in [-0.2, 0) is 0 Å². The molecule has 3 rings (SSSR count). The maximum absolute atomic E-state index is 10.5. The number of rotatable bonds is 2. The van der Waals surface area contributed by atoms with Gasteiger partial charge in [-0.2, -0.15) is 0 Å². The second-order valence-corrected chi connectivity index (χ2v) is 4.81. The molecule has 0 radical (unpaired) electrons. The Hall–Kier alpha value is -2.62. The molecule has 0 bridgehead atoms. The molecule has 0 fully saturated rings. The van der Waals surface area contributed by atoms with Gasteiger partial charge in [0.15, 0.2) is 0 Å². The van der Waals surface area contributed by atoms with Crippen molar-refractivity contribution in [3.8, 4) is 0 Å². The molecule has 0 amide bonds. The van der Waals surface area contributed by atoms with Crippen molar-refractivity contribution in [3.63, 3.8) is 0 Å². The Morgan fingerprint density at radius 2 is 2.00 bits per heavy atom. The predicted octanol–water partition coefficient (Wildman–Crippen LogP) is 4.45. The fourth-order valence-corrected chi connectivity index (χ4v) is 2.56. The van der Waals surface area contributed by atoms with Gasteiger partial charge in [-0.3, -0.25) is 10.1 Å². The van der Waals surface area contributed by atoms with E-state index in [4.69, 9.17) is 4.42 Å². The second-order valence-electron chi connectivity index (χ2n) is 4.81. The highest BCUT2D eigenvalue weighted by atomic mass is 16.6. The Morgan fingerprint density at radius 3 is 2.75 bits per heavy atom. The molecule has 0 atom stereocenters. The Morgan fingerprint density at radius 1 is 1.25 bits per heavy atom. The lowest BCUT2D eigenvalue weighted by Crippen LogP contribution is -1.88. The van der Waals surface area contributed by atoms with Gasteiger partial charge in [0.25, 0.3) is 0 Å². The maximum atomic E-state index is 10.5. The van der Waals surface area contributed by atoms with Crippen LogP contribution in [0, 0.1) is 24.0 Å². The minimum absolute atomic E-state index is 0.452. The summed E-state index contributed by atoms with van der Waals surface area (Å²) in [7, 11) is 0.